The van der Waals surface area contributed by atoms with Crippen LogP contribution < -0.4 is 19.7 Å². The molecule has 5 aliphatic heterocycles. The molecule has 7 heterocycles. The number of piperazine rings is 1. The van der Waals surface area contributed by atoms with Gasteiger partial charge in [-0.05, 0) is 55.8 Å². The first-order chi connectivity index (χ1) is 21.4. The molecule has 228 valence electrons. The molecule has 4 fully saturated rings. The van der Waals surface area contributed by atoms with Crippen LogP contribution in [0.2, 0.25) is 0 Å². The normalized spacial score (nSPS) is 29.1. The Balaban J connectivity index is 1.23. The van der Waals surface area contributed by atoms with Gasteiger partial charge in [-0.25, -0.2) is 18.2 Å². The van der Waals surface area contributed by atoms with Crippen molar-refractivity contribution >= 4 is 27.5 Å². The first kappa shape index (κ1) is 26.5. The number of anilines is 1. The maximum absolute atomic E-state index is 16.8. The summed E-state index contributed by atoms with van der Waals surface area (Å²) in [4.78, 5) is 18.3. The Morgan fingerprint density at radius 2 is 2.02 bits per heavy atom. The lowest BCUT2D eigenvalue weighted by atomic mass is 9.95. The van der Waals surface area contributed by atoms with Crippen molar-refractivity contribution in [1.82, 2.24) is 25.2 Å². The molecule has 0 aliphatic carbocycles. The van der Waals surface area contributed by atoms with Crippen LogP contribution in [0.5, 0.6) is 17.6 Å². The van der Waals surface area contributed by atoms with Gasteiger partial charge in [-0.15, -0.1) is 0 Å². The van der Waals surface area contributed by atoms with Crippen molar-refractivity contribution in [3.8, 4) is 28.9 Å². The monoisotopic (exact) mass is 604 g/mol. The number of pyridine rings is 1. The molecular formula is C32H31F3N6O3. The molecule has 5 aliphatic rings. The molecule has 44 heavy (non-hydrogen) atoms. The van der Waals surface area contributed by atoms with E-state index in [-0.39, 0.29) is 71.1 Å². The Morgan fingerprint density at radius 1 is 1.11 bits per heavy atom. The lowest BCUT2D eigenvalue weighted by Crippen LogP contribution is -2.60. The number of rotatable bonds is 4. The number of aromatic nitrogens is 3. The van der Waals surface area contributed by atoms with Gasteiger partial charge in [-0.3, -0.25) is 4.90 Å². The number of hydrogen-bond donors (Lipinski definition) is 2. The van der Waals surface area contributed by atoms with Gasteiger partial charge in [0.05, 0.1) is 11.6 Å². The Hall–Kier alpha value is -3.90. The van der Waals surface area contributed by atoms with Gasteiger partial charge < -0.3 is 24.8 Å². The summed E-state index contributed by atoms with van der Waals surface area (Å²) in [6.07, 6.45) is 3.24. The number of benzene rings is 2. The van der Waals surface area contributed by atoms with Crippen molar-refractivity contribution in [1.29, 1.82) is 0 Å². The molecule has 9 nitrogen and oxygen atoms in total. The van der Waals surface area contributed by atoms with Crippen molar-refractivity contribution in [3.05, 3.63) is 42.0 Å². The van der Waals surface area contributed by atoms with Gasteiger partial charge in [-0.1, -0.05) is 12.1 Å². The Labute approximate surface area is 251 Å². The number of fused-ring (bicyclic) bond motifs is 7. The third-order valence-electron chi connectivity index (χ3n) is 10.3. The fraction of sp³-hybridized carbons (Fsp3) is 0.469. The Morgan fingerprint density at radius 3 is 2.93 bits per heavy atom. The SMILES string of the molecule is Oc1cc(-c2nc3c4c(nc(OC[C@@]56CCCN5C[C@H](F)C6)nc4c2F)N2C[C@@H]4CC[C@@H](N4)C2CO3)c2c(F)cccc2c1. The number of nitrogens with one attached hydrogen (secondary N) is 1. The number of phenolic OH excluding ortho intramolecular Hbond substituents is 1. The Kier molecular flexibility index (Phi) is 5.75. The van der Waals surface area contributed by atoms with Crippen molar-refractivity contribution in [3.63, 3.8) is 0 Å². The van der Waals surface area contributed by atoms with Crippen LogP contribution in [0.3, 0.4) is 0 Å². The third-order valence-corrected chi connectivity index (χ3v) is 10.3. The number of phenols is 1. The summed E-state index contributed by atoms with van der Waals surface area (Å²) < 4.78 is 59.1. The predicted molar refractivity (Wildman–Crippen MR) is 157 cm³/mol. The van der Waals surface area contributed by atoms with Crippen LogP contribution in [0.15, 0.2) is 30.3 Å². The maximum atomic E-state index is 16.8. The van der Waals surface area contributed by atoms with Crippen molar-refractivity contribution in [2.45, 2.75) is 61.9 Å². The number of alkyl halides is 1. The minimum Gasteiger partial charge on any atom is -0.508 e. The molecule has 9 rings (SSSR count). The first-order valence-corrected chi connectivity index (χ1v) is 15.4. The van der Waals surface area contributed by atoms with Gasteiger partial charge in [0.25, 0.3) is 0 Å². The van der Waals surface area contributed by atoms with E-state index >= 15 is 8.78 Å². The van der Waals surface area contributed by atoms with E-state index in [0.717, 1.165) is 32.2 Å². The minimum atomic E-state index is -0.915. The van der Waals surface area contributed by atoms with Crippen molar-refractivity contribution < 1.29 is 27.8 Å². The number of ether oxygens (including phenoxy) is 2. The summed E-state index contributed by atoms with van der Waals surface area (Å²) in [6.45, 7) is 2.34. The van der Waals surface area contributed by atoms with E-state index in [1.807, 2.05) is 0 Å². The van der Waals surface area contributed by atoms with Crippen molar-refractivity contribution in [2.24, 2.45) is 0 Å². The van der Waals surface area contributed by atoms with Gasteiger partial charge in [-0.2, -0.15) is 9.97 Å². The molecule has 0 saturated carbocycles. The van der Waals surface area contributed by atoms with E-state index in [1.54, 1.807) is 6.07 Å². The highest BCUT2D eigenvalue weighted by Crippen LogP contribution is 2.45. The van der Waals surface area contributed by atoms with E-state index in [2.05, 4.69) is 25.1 Å². The molecule has 0 spiro atoms. The van der Waals surface area contributed by atoms with Crippen LogP contribution in [0.25, 0.3) is 32.9 Å². The number of nitrogens with zero attached hydrogens (tertiary/aromatic N) is 5. The molecule has 2 aromatic carbocycles. The van der Waals surface area contributed by atoms with Crippen LogP contribution in [0.1, 0.15) is 32.1 Å². The zero-order chi connectivity index (χ0) is 29.7. The van der Waals surface area contributed by atoms with Gasteiger partial charge in [0.15, 0.2) is 5.82 Å². The number of hydrogen-bond acceptors (Lipinski definition) is 9. The van der Waals surface area contributed by atoms with Crippen LogP contribution in [0, 0.1) is 11.6 Å². The van der Waals surface area contributed by atoms with E-state index in [4.69, 9.17) is 14.5 Å². The van der Waals surface area contributed by atoms with Crippen LogP contribution >= 0.6 is 0 Å². The van der Waals surface area contributed by atoms with Gasteiger partial charge in [0, 0.05) is 42.5 Å². The molecule has 4 aromatic rings. The van der Waals surface area contributed by atoms with E-state index in [9.17, 15) is 9.50 Å². The topological polar surface area (TPSA) is 95.9 Å². The van der Waals surface area contributed by atoms with Gasteiger partial charge >= 0.3 is 6.01 Å². The second-order valence-electron chi connectivity index (χ2n) is 12.9. The lowest BCUT2D eigenvalue weighted by Gasteiger charge is -2.40. The highest BCUT2D eigenvalue weighted by Gasteiger charge is 2.50. The van der Waals surface area contributed by atoms with E-state index < -0.39 is 23.3 Å². The minimum absolute atomic E-state index is 0.00323. The largest absolute Gasteiger partial charge is 0.508 e. The van der Waals surface area contributed by atoms with Gasteiger partial charge in [0.1, 0.15) is 53.4 Å². The van der Waals surface area contributed by atoms with Crippen molar-refractivity contribution in [2.75, 3.05) is 37.7 Å². The second kappa shape index (κ2) is 9.55. The maximum Gasteiger partial charge on any atom is 0.319 e. The van der Waals surface area contributed by atoms with Gasteiger partial charge in [0.2, 0.25) is 5.88 Å². The summed E-state index contributed by atoms with van der Waals surface area (Å²) in [5, 5.41) is 15.0. The smallest absolute Gasteiger partial charge is 0.319 e. The van der Waals surface area contributed by atoms with Crippen LogP contribution in [0.4, 0.5) is 19.0 Å². The number of halogens is 3. The summed E-state index contributed by atoms with van der Waals surface area (Å²) in [5.74, 6) is -0.881. The third kappa shape index (κ3) is 3.89. The van der Waals surface area contributed by atoms with Crippen LogP contribution in [-0.2, 0) is 0 Å². The average Bonchev–Trinajstić information content (AvgIpc) is 3.64. The summed E-state index contributed by atoms with van der Waals surface area (Å²) in [7, 11) is 0. The standard InChI is InChI=1S/C32H31F3N6O3/c33-17-11-32(7-2-8-40(32)12-17)15-44-31-38-28-25-29(39-31)41-13-18-5-6-22(36-18)23(41)14-43-30(25)37-27(26(28)35)20-10-19(42)9-16-3-1-4-21(34)24(16)20/h1,3-4,9-10,17-18,22-23,36,42H,2,5-8,11-15H2/t17-,18+,22-,23?,32+/m1/s1. The molecule has 12 heteroatoms. The lowest BCUT2D eigenvalue weighted by molar-refractivity contribution is 0.107. The molecule has 0 amide bonds. The highest BCUT2D eigenvalue weighted by atomic mass is 19.1. The zero-order valence-corrected chi connectivity index (χ0v) is 23.9. The molecular weight excluding hydrogens is 573 g/mol. The van der Waals surface area contributed by atoms with E-state index in [1.165, 1.54) is 24.3 Å². The first-order valence-electron chi connectivity index (χ1n) is 15.4. The molecule has 1 unspecified atom stereocenters. The molecule has 2 N–H and O–H groups in total. The van der Waals surface area contributed by atoms with E-state index in [0.29, 0.717) is 36.1 Å². The Bertz CT molecular complexity index is 1840. The summed E-state index contributed by atoms with van der Waals surface area (Å²) in [5.41, 5.74) is -0.593. The highest BCUT2D eigenvalue weighted by molar-refractivity contribution is 6.02. The molecule has 5 atom stereocenters. The molecule has 2 aromatic heterocycles. The predicted octanol–water partition coefficient (Wildman–Crippen LogP) is 4.49. The summed E-state index contributed by atoms with van der Waals surface area (Å²) in [6, 6.07) is 7.54. The fourth-order valence-corrected chi connectivity index (χ4v) is 8.36. The quantitative estimate of drug-likeness (QED) is 0.350. The number of aromatic hydroxyl groups is 1. The molecule has 4 saturated heterocycles. The van der Waals surface area contributed by atoms with Crippen LogP contribution in [-0.4, -0.2) is 87.6 Å². The second-order valence-corrected chi connectivity index (χ2v) is 12.9. The molecule has 0 radical (unpaired) electrons. The zero-order valence-electron chi connectivity index (χ0n) is 23.9. The summed E-state index contributed by atoms with van der Waals surface area (Å²) >= 11 is 0. The molecule has 2 bridgehead atoms. The average molecular weight is 605 g/mol. The fourth-order valence-electron chi connectivity index (χ4n) is 8.36.